The Kier molecular flexibility index (Phi) is 4.21. The maximum absolute atomic E-state index is 12.7. The minimum Gasteiger partial charge on any atom is -0.481 e. The van der Waals surface area contributed by atoms with Crippen molar-refractivity contribution in [1.82, 2.24) is 9.88 Å². The van der Waals surface area contributed by atoms with Gasteiger partial charge < -0.3 is 14.4 Å². The van der Waals surface area contributed by atoms with Crippen molar-refractivity contribution in [3.8, 4) is 10.8 Å². The molecule has 1 fully saturated rings. The Hall–Kier alpha value is -2.15. The molecule has 1 saturated heterocycles. The molecule has 2 aromatic rings. The smallest absolute Gasteiger partial charge is 0.308 e. The summed E-state index contributed by atoms with van der Waals surface area (Å²) in [5.41, 5.74) is 0.654. The summed E-state index contributed by atoms with van der Waals surface area (Å²) in [4.78, 5) is 30.5. The Labute approximate surface area is 137 Å². The highest BCUT2D eigenvalue weighted by Gasteiger charge is 2.30. The fourth-order valence-corrected chi connectivity index (χ4v) is 3.75. The van der Waals surface area contributed by atoms with Gasteiger partial charge in [-0.1, -0.05) is 0 Å². The van der Waals surface area contributed by atoms with Gasteiger partial charge in [0.05, 0.1) is 11.6 Å². The van der Waals surface area contributed by atoms with Crippen LogP contribution in [0.3, 0.4) is 0 Å². The predicted molar refractivity (Wildman–Crippen MR) is 85.6 cm³/mol. The van der Waals surface area contributed by atoms with Crippen LogP contribution in [0.2, 0.25) is 0 Å². The molecule has 1 N–H and O–H groups in total. The molecular formula is C16H18N2O4S. The second-order valence-electron chi connectivity index (χ2n) is 5.77. The molecule has 0 radical (unpaired) electrons. The number of carboxylic acid groups (broad SMARTS) is 1. The lowest BCUT2D eigenvalue weighted by Gasteiger charge is -2.30. The van der Waals surface area contributed by atoms with Crippen LogP contribution in [0.1, 0.15) is 34.0 Å². The number of aromatic nitrogens is 1. The molecule has 1 aliphatic rings. The van der Waals surface area contributed by atoms with Gasteiger partial charge in [0.2, 0.25) is 0 Å². The minimum absolute atomic E-state index is 0.138. The first-order valence-electron chi connectivity index (χ1n) is 7.52. The summed E-state index contributed by atoms with van der Waals surface area (Å²) in [6.07, 6.45) is 1.34. The van der Waals surface area contributed by atoms with Gasteiger partial charge in [-0.15, -0.1) is 11.3 Å². The summed E-state index contributed by atoms with van der Waals surface area (Å²) in [5.74, 6) is -0.0124. The molecule has 0 aromatic carbocycles. The maximum Gasteiger partial charge on any atom is 0.308 e. The number of carbonyl (C=O) groups is 2. The van der Waals surface area contributed by atoms with E-state index in [0.29, 0.717) is 40.7 Å². The number of carbonyl (C=O) groups excluding carboxylic acids is 1. The van der Waals surface area contributed by atoms with E-state index in [-0.39, 0.29) is 12.5 Å². The van der Waals surface area contributed by atoms with E-state index in [2.05, 4.69) is 4.98 Å². The zero-order valence-corrected chi connectivity index (χ0v) is 13.9. The van der Waals surface area contributed by atoms with E-state index in [1.807, 2.05) is 19.1 Å². The summed E-state index contributed by atoms with van der Waals surface area (Å²) in [6, 6.07) is 3.69. The molecule has 3 heterocycles. The summed E-state index contributed by atoms with van der Waals surface area (Å²) in [6.45, 7) is 4.51. The first-order valence-corrected chi connectivity index (χ1v) is 8.33. The second kappa shape index (κ2) is 6.16. The standard InChI is InChI=1S/C16H18N2O4S/c1-9-5-6-12(22-9)14-17-10(2)13(23-14)15(19)18-7-3-4-11(8-18)16(20)21/h5-6,11H,3-4,7-8H2,1-2H3,(H,20,21). The van der Waals surface area contributed by atoms with Crippen molar-refractivity contribution in [1.29, 1.82) is 0 Å². The van der Waals surface area contributed by atoms with Crippen molar-refractivity contribution in [2.45, 2.75) is 26.7 Å². The molecule has 3 rings (SSSR count). The van der Waals surface area contributed by atoms with Crippen LogP contribution >= 0.6 is 11.3 Å². The SMILES string of the molecule is Cc1ccc(-c2nc(C)c(C(=O)N3CCCC(C(=O)O)C3)s2)o1. The van der Waals surface area contributed by atoms with Gasteiger partial charge in [-0.25, -0.2) is 4.98 Å². The van der Waals surface area contributed by atoms with Crippen LogP contribution in [-0.4, -0.2) is 40.0 Å². The molecule has 6 nitrogen and oxygen atoms in total. The molecule has 23 heavy (non-hydrogen) atoms. The van der Waals surface area contributed by atoms with Gasteiger partial charge >= 0.3 is 5.97 Å². The first-order chi connectivity index (χ1) is 11.0. The monoisotopic (exact) mass is 334 g/mol. The van der Waals surface area contributed by atoms with E-state index in [0.717, 1.165) is 5.76 Å². The average Bonchev–Trinajstić information content (AvgIpc) is 3.12. The number of hydrogen-bond donors (Lipinski definition) is 1. The highest BCUT2D eigenvalue weighted by molar-refractivity contribution is 7.17. The molecule has 1 atom stereocenters. The van der Waals surface area contributed by atoms with Crippen LogP contribution in [0.15, 0.2) is 16.5 Å². The number of amides is 1. The molecular weight excluding hydrogens is 316 g/mol. The molecule has 0 spiro atoms. The largest absolute Gasteiger partial charge is 0.481 e. The van der Waals surface area contributed by atoms with Crippen LogP contribution in [0.25, 0.3) is 10.8 Å². The van der Waals surface area contributed by atoms with Crippen molar-refractivity contribution in [2.24, 2.45) is 5.92 Å². The van der Waals surface area contributed by atoms with E-state index < -0.39 is 11.9 Å². The van der Waals surface area contributed by atoms with Gasteiger partial charge in [0, 0.05) is 13.1 Å². The Morgan fingerprint density at radius 1 is 1.39 bits per heavy atom. The highest BCUT2D eigenvalue weighted by atomic mass is 32.1. The third-order valence-corrected chi connectivity index (χ3v) is 5.16. The number of carboxylic acids is 1. The molecule has 2 aromatic heterocycles. The van der Waals surface area contributed by atoms with Gasteiger partial charge in [-0.2, -0.15) is 0 Å². The Morgan fingerprint density at radius 3 is 2.83 bits per heavy atom. The number of rotatable bonds is 3. The highest BCUT2D eigenvalue weighted by Crippen LogP contribution is 2.31. The number of furan rings is 1. The molecule has 0 aliphatic carbocycles. The minimum atomic E-state index is -0.838. The fraction of sp³-hybridized carbons (Fsp3) is 0.438. The summed E-state index contributed by atoms with van der Waals surface area (Å²) < 4.78 is 5.56. The third kappa shape index (κ3) is 3.14. The van der Waals surface area contributed by atoms with Crippen molar-refractivity contribution in [3.05, 3.63) is 28.5 Å². The molecule has 1 amide bonds. The number of aliphatic carboxylic acids is 1. The Bertz CT molecular complexity index is 749. The number of likely N-dealkylation sites (tertiary alicyclic amines) is 1. The summed E-state index contributed by atoms with van der Waals surface area (Å²) in [7, 11) is 0. The first kappa shape index (κ1) is 15.7. The van der Waals surface area contributed by atoms with E-state index in [1.54, 1.807) is 11.8 Å². The average molecular weight is 334 g/mol. The van der Waals surface area contributed by atoms with Crippen LogP contribution in [0.5, 0.6) is 0 Å². The molecule has 0 saturated carbocycles. The Balaban J connectivity index is 1.82. The molecule has 0 bridgehead atoms. The zero-order chi connectivity index (χ0) is 16.6. The predicted octanol–water partition coefficient (Wildman–Crippen LogP) is 2.96. The zero-order valence-electron chi connectivity index (χ0n) is 13.0. The van der Waals surface area contributed by atoms with Crippen LogP contribution < -0.4 is 0 Å². The van der Waals surface area contributed by atoms with E-state index in [4.69, 9.17) is 9.52 Å². The number of hydrogen-bond acceptors (Lipinski definition) is 5. The maximum atomic E-state index is 12.7. The molecule has 1 unspecified atom stereocenters. The molecule has 7 heteroatoms. The van der Waals surface area contributed by atoms with E-state index >= 15 is 0 Å². The van der Waals surface area contributed by atoms with Gasteiger partial charge in [0.25, 0.3) is 5.91 Å². The van der Waals surface area contributed by atoms with Gasteiger partial charge in [-0.05, 0) is 38.8 Å². The molecule has 1 aliphatic heterocycles. The normalized spacial score (nSPS) is 18.2. The van der Waals surface area contributed by atoms with E-state index in [1.165, 1.54) is 11.3 Å². The fourth-order valence-electron chi connectivity index (χ4n) is 2.76. The van der Waals surface area contributed by atoms with Crippen molar-refractivity contribution in [3.63, 3.8) is 0 Å². The molecule has 122 valence electrons. The lowest BCUT2D eigenvalue weighted by atomic mass is 9.98. The quantitative estimate of drug-likeness (QED) is 0.933. The number of thiazole rings is 1. The third-order valence-electron chi connectivity index (χ3n) is 4.00. The Morgan fingerprint density at radius 2 is 2.17 bits per heavy atom. The van der Waals surface area contributed by atoms with Crippen molar-refractivity contribution in [2.75, 3.05) is 13.1 Å². The summed E-state index contributed by atoms with van der Waals surface area (Å²) >= 11 is 1.29. The number of aryl methyl sites for hydroxylation is 2. The lowest BCUT2D eigenvalue weighted by Crippen LogP contribution is -2.42. The lowest BCUT2D eigenvalue weighted by molar-refractivity contribution is -0.143. The summed E-state index contributed by atoms with van der Waals surface area (Å²) in [5, 5.41) is 9.83. The van der Waals surface area contributed by atoms with Crippen LogP contribution in [0, 0.1) is 19.8 Å². The second-order valence-corrected chi connectivity index (χ2v) is 6.77. The number of nitrogens with zero attached hydrogens (tertiary/aromatic N) is 2. The topological polar surface area (TPSA) is 83.6 Å². The van der Waals surface area contributed by atoms with E-state index in [9.17, 15) is 9.59 Å². The van der Waals surface area contributed by atoms with Gasteiger partial charge in [-0.3, -0.25) is 9.59 Å². The van der Waals surface area contributed by atoms with Crippen molar-refractivity contribution >= 4 is 23.2 Å². The van der Waals surface area contributed by atoms with Crippen LogP contribution in [-0.2, 0) is 4.79 Å². The van der Waals surface area contributed by atoms with Gasteiger partial charge in [0.1, 0.15) is 10.6 Å². The van der Waals surface area contributed by atoms with Gasteiger partial charge in [0.15, 0.2) is 10.8 Å². The van der Waals surface area contributed by atoms with Crippen LogP contribution in [0.4, 0.5) is 0 Å². The number of piperidine rings is 1. The van der Waals surface area contributed by atoms with Crippen molar-refractivity contribution < 1.29 is 19.1 Å².